The molecule has 2 saturated carbocycles. The minimum absolute atomic E-state index is 0.134. The number of rotatable bonds is 7. The average molecular weight is 241 g/mol. The monoisotopic (exact) mass is 241 g/mol. The molecule has 3 unspecified atom stereocenters. The fourth-order valence-corrected chi connectivity index (χ4v) is 2.95. The molecule has 2 fully saturated rings. The third-order valence-electron chi connectivity index (χ3n) is 4.16. The first kappa shape index (κ1) is 12.8. The van der Waals surface area contributed by atoms with Crippen LogP contribution in [0.3, 0.4) is 0 Å². The van der Waals surface area contributed by atoms with Crippen LogP contribution in [-0.2, 0) is 9.53 Å². The van der Waals surface area contributed by atoms with Gasteiger partial charge in [-0.2, -0.15) is 0 Å². The summed E-state index contributed by atoms with van der Waals surface area (Å²) in [5, 5.41) is 12.6. The van der Waals surface area contributed by atoms with Gasteiger partial charge in [0.1, 0.15) is 0 Å². The van der Waals surface area contributed by atoms with Crippen molar-refractivity contribution in [3.05, 3.63) is 0 Å². The summed E-state index contributed by atoms with van der Waals surface area (Å²) < 4.78 is 5.22. The molecule has 0 aromatic rings. The Morgan fingerprint density at radius 2 is 2.18 bits per heavy atom. The number of methoxy groups -OCH3 is 1. The van der Waals surface area contributed by atoms with Crippen LogP contribution in [0, 0.1) is 17.8 Å². The number of ether oxygens (including phenoxy) is 1. The molecule has 0 aromatic heterocycles. The second-order valence-corrected chi connectivity index (χ2v) is 5.44. The highest BCUT2D eigenvalue weighted by atomic mass is 16.5. The largest absolute Gasteiger partial charge is 0.481 e. The van der Waals surface area contributed by atoms with Crippen LogP contribution in [0.4, 0.5) is 0 Å². The summed E-state index contributed by atoms with van der Waals surface area (Å²) in [5.74, 6) is 0.305. The van der Waals surface area contributed by atoms with Crippen LogP contribution in [-0.4, -0.2) is 37.4 Å². The first-order valence-corrected chi connectivity index (χ1v) is 6.67. The Hall–Kier alpha value is -0.610. The number of aliphatic carboxylic acids is 1. The van der Waals surface area contributed by atoms with Gasteiger partial charge in [-0.05, 0) is 44.1 Å². The van der Waals surface area contributed by atoms with E-state index in [-0.39, 0.29) is 5.92 Å². The summed E-state index contributed by atoms with van der Waals surface area (Å²) in [5.41, 5.74) is 0. The summed E-state index contributed by atoms with van der Waals surface area (Å²) in [4.78, 5) is 11.1. The average Bonchev–Trinajstić information content (AvgIpc) is 3.02. The molecule has 0 heterocycles. The highest BCUT2D eigenvalue weighted by Crippen LogP contribution is 2.34. The second kappa shape index (κ2) is 5.83. The van der Waals surface area contributed by atoms with E-state index in [2.05, 4.69) is 5.32 Å². The Labute approximate surface area is 103 Å². The Balaban J connectivity index is 1.77. The van der Waals surface area contributed by atoms with Gasteiger partial charge in [0.25, 0.3) is 0 Å². The molecule has 17 heavy (non-hydrogen) atoms. The van der Waals surface area contributed by atoms with Crippen molar-refractivity contribution in [2.75, 3.05) is 20.3 Å². The van der Waals surface area contributed by atoms with Crippen molar-refractivity contribution in [2.24, 2.45) is 17.8 Å². The molecule has 3 atom stereocenters. The Bertz CT molecular complexity index is 265. The summed E-state index contributed by atoms with van der Waals surface area (Å²) in [7, 11) is 1.73. The van der Waals surface area contributed by atoms with E-state index in [4.69, 9.17) is 9.84 Å². The zero-order valence-electron chi connectivity index (χ0n) is 10.5. The van der Waals surface area contributed by atoms with Gasteiger partial charge in [0.15, 0.2) is 0 Å². The molecule has 4 nitrogen and oxygen atoms in total. The van der Waals surface area contributed by atoms with Gasteiger partial charge in [-0.3, -0.25) is 4.79 Å². The lowest BCUT2D eigenvalue weighted by molar-refractivity contribution is -0.142. The standard InChI is InChI=1S/C13H23NO3/c1-17-8-12(9-5-6-9)14-7-10-3-2-4-11(10)13(15)16/h9-12,14H,2-8H2,1H3,(H,15,16). The van der Waals surface area contributed by atoms with Crippen LogP contribution in [0.25, 0.3) is 0 Å². The first-order valence-electron chi connectivity index (χ1n) is 6.67. The molecule has 98 valence electrons. The third kappa shape index (κ3) is 3.42. The van der Waals surface area contributed by atoms with Crippen molar-refractivity contribution in [2.45, 2.75) is 38.1 Å². The van der Waals surface area contributed by atoms with Gasteiger partial charge in [0, 0.05) is 13.2 Å². The summed E-state index contributed by atoms with van der Waals surface area (Å²) >= 11 is 0. The molecule has 0 aliphatic heterocycles. The van der Waals surface area contributed by atoms with Gasteiger partial charge >= 0.3 is 5.97 Å². The molecule has 2 rings (SSSR count). The smallest absolute Gasteiger partial charge is 0.306 e. The fraction of sp³-hybridized carbons (Fsp3) is 0.923. The van der Waals surface area contributed by atoms with Crippen LogP contribution < -0.4 is 5.32 Å². The predicted octanol–water partition coefficient (Wildman–Crippen LogP) is 1.50. The van der Waals surface area contributed by atoms with Gasteiger partial charge in [-0.1, -0.05) is 6.42 Å². The molecular weight excluding hydrogens is 218 g/mol. The molecule has 2 aliphatic rings. The van der Waals surface area contributed by atoms with Crippen molar-refractivity contribution in [3.8, 4) is 0 Å². The molecule has 0 bridgehead atoms. The topological polar surface area (TPSA) is 58.6 Å². The zero-order valence-corrected chi connectivity index (χ0v) is 10.5. The summed E-state index contributed by atoms with van der Waals surface area (Å²) in [6.07, 6.45) is 5.53. The molecule has 0 aromatic carbocycles. The minimum atomic E-state index is -0.621. The predicted molar refractivity (Wildman–Crippen MR) is 64.9 cm³/mol. The maximum absolute atomic E-state index is 11.1. The normalized spacial score (nSPS) is 30.4. The lowest BCUT2D eigenvalue weighted by Gasteiger charge is -2.22. The summed E-state index contributed by atoms with van der Waals surface area (Å²) in [6, 6.07) is 0.426. The van der Waals surface area contributed by atoms with E-state index in [1.807, 2.05) is 0 Å². The van der Waals surface area contributed by atoms with Crippen molar-refractivity contribution in [3.63, 3.8) is 0 Å². The SMILES string of the molecule is COCC(NCC1CCCC1C(=O)O)C1CC1. The van der Waals surface area contributed by atoms with E-state index in [0.717, 1.165) is 38.3 Å². The number of hydrogen-bond donors (Lipinski definition) is 2. The molecular formula is C13H23NO3. The van der Waals surface area contributed by atoms with Crippen LogP contribution >= 0.6 is 0 Å². The molecule has 4 heteroatoms. The fourth-order valence-electron chi connectivity index (χ4n) is 2.95. The highest BCUT2D eigenvalue weighted by molar-refractivity contribution is 5.70. The van der Waals surface area contributed by atoms with E-state index in [1.54, 1.807) is 7.11 Å². The Kier molecular flexibility index (Phi) is 4.40. The third-order valence-corrected chi connectivity index (χ3v) is 4.16. The van der Waals surface area contributed by atoms with Gasteiger partial charge in [-0.15, -0.1) is 0 Å². The molecule has 0 amide bonds. The summed E-state index contributed by atoms with van der Waals surface area (Å²) in [6.45, 7) is 1.58. The van der Waals surface area contributed by atoms with E-state index in [9.17, 15) is 4.79 Å². The maximum atomic E-state index is 11.1. The van der Waals surface area contributed by atoms with Gasteiger partial charge in [-0.25, -0.2) is 0 Å². The first-order chi connectivity index (χ1) is 8.22. The quantitative estimate of drug-likeness (QED) is 0.709. The number of nitrogens with one attached hydrogen (secondary N) is 1. The number of carboxylic acid groups (broad SMARTS) is 1. The van der Waals surface area contributed by atoms with Gasteiger partial charge < -0.3 is 15.2 Å². The van der Waals surface area contributed by atoms with Gasteiger partial charge in [0.05, 0.1) is 12.5 Å². The molecule has 0 spiro atoms. The second-order valence-electron chi connectivity index (χ2n) is 5.44. The molecule has 0 saturated heterocycles. The number of carbonyl (C=O) groups is 1. The minimum Gasteiger partial charge on any atom is -0.481 e. The zero-order chi connectivity index (χ0) is 12.3. The number of hydrogen-bond acceptors (Lipinski definition) is 3. The Morgan fingerprint density at radius 3 is 2.76 bits per heavy atom. The maximum Gasteiger partial charge on any atom is 0.306 e. The van der Waals surface area contributed by atoms with E-state index < -0.39 is 5.97 Å². The molecule has 0 radical (unpaired) electrons. The van der Waals surface area contributed by atoms with E-state index in [1.165, 1.54) is 12.8 Å². The van der Waals surface area contributed by atoms with Crippen molar-refractivity contribution < 1.29 is 14.6 Å². The lowest BCUT2D eigenvalue weighted by Crippen LogP contribution is -2.39. The Morgan fingerprint density at radius 1 is 1.41 bits per heavy atom. The van der Waals surface area contributed by atoms with Crippen LogP contribution in [0.2, 0.25) is 0 Å². The van der Waals surface area contributed by atoms with E-state index in [0.29, 0.717) is 12.0 Å². The van der Waals surface area contributed by atoms with Crippen LogP contribution in [0.15, 0.2) is 0 Å². The van der Waals surface area contributed by atoms with Crippen molar-refractivity contribution >= 4 is 5.97 Å². The van der Waals surface area contributed by atoms with Crippen LogP contribution in [0.1, 0.15) is 32.1 Å². The lowest BCUT2D eigenvalue weighted by atomic mass is 9.96. The molecule has 2 aliphatic carbocycles. The van der Waals surface area contributed by atoms with Crippen LogP contribution in [0.5, 0.6) is 0 Å². The van der Waals surface area contributed by atoms with E-state index >= 15 is 0 Å². The van der Waals surface area contributed by atoms with Crippen molar-refractivity contribution in [1.29, 1.82) is 0 Å². The highest BCUT2D eigenvalue weighted by Gasteiger charge is 2.35. The van der Waals surface area contributed by atoms with Gasteiger partial charge in [0.2, 0.25) is 0 Å². The van der Waals surface area contributed by atoms with Crippen molar-refractivity contribution in [1.82, 2.24) is 5.32 Å². The number of carboxylic acids is 1. The molecule has 2 N–H and O–H groups in total.